The standard InChI is InChI=1S/C27H51NO6/c1-7-27(5,6)14-12-24(30)33-20-22-8-10-23(11-9-22)21-34-25(31)13-15-28(26(2,3)4)16-18-32-19-17-29/h22-23,29H,7-21H2,1-6H3. The number of carbonyl (C=O) groups excluding carboxylic acids is 2. The van der Waals surface area contributed by atoms with Crippen LogP contribution in [0.5, 0.6) is 0 Å². The molecule has 1 aliphatic carbocycles. The van der Waals surface area contributed by atoms with Gasteiger partial charge in [0.25, 0.3) is 0 Å². The Morgan fingerprint density at radius 1 is 0.853 bits per heavy atom. The van der Waals surface area contributed by atoms with E-state index in [1.165, 1.54) is 0 Å². The minimum absolute atomic E-state index is 0.0203. The van der Waals surface area contributed by atoms with Crippen LogP contribution in [-0.2, 0) is 23.8 Å². The molecule has 0 unspecified atom stereocenters. The van der Waals surface area contributed by atoms with E-state index in [2.05, 4.69) is 46.4 Å². The van der Waals surface area contributed by atoms with Gasteiger partial charge in [-0.2, -0.15) is 0 Å². The van der Waals surface area contributed by atoms with Gasteiger partial charge in [-0.15, -0.1) is 0 Å². The Labute approximate surface area is 207 Å². The fourth-order valence-corrected chi connectivity index (χ4v) is 4.10. The van der Waals surface area contributed by atoms with Crippen LogP contribution in [0.2, 0.25) is 0 Å². The Hall–Kier alpha value is -1.18. The maximum atomic E-state index is 12.3. The lowest BCUT2D eigenvalue weighted by atomic mass is 9.83. The van der Waals surface area contributed by atoms with Gasteiger partial charge in [0.1, 0.15) is 0 Å². The summed E-state index contributed by atoms with van der Waals surface area (Å²) >= 11 is 0. The van der Waals surface area contributed by atoms with Crippen molar-refractivity contribution >= 4 is 11.9 Å². The van der Waals surface area contributed by atoms with E-state index in [1.807, 2.05) is 0 Å². The first kappa shape index (κ1) is 30.9. The predicted octanol–water partition coefficient (Wildman–Crippen LogP) is 4.60. The highest BCUT2D eigenvalue weighted by Gasteiger charge is 2.25. The Bertz CT molecular complexity index is 578. The molecule has 1 rings (SSSR count). The molecule has 7 nitrogen and oxygen atoms in total. The summed E-state index contributed by atoms with van der Waals surface area (Å²) < 4.78 is 16.5. The molecule has 0 saturated heterocycles. The van der Waals surface area contributed by atoms with E-state index in [1.54, 1.807) is 0 Å². The van der Waals surface area contributed by atoms with E-state index in [0.29, 0.717) is 64.2 Å². The normalized spacial score (nSPS) is 19.3. The summed E-state index contributed by atoms with van der Waals surface area (Å²) in [5.41, 5.74) is 0.116. The lowest BCUT2D eigenvalue weighted by Gasteiger charge is -2.35. The summed E-state index contributed by atoms with van der Waals surface area (Å²) in [6.45, 7) is 16.1. The molecule has 0 aromatic heterocycles. The van der Waals surface area contributed by atoms with Gasteiger partial charge in [-0.05, 0) is 70.1 Å². The number of carbonyl (C=O) groups is 2. The van der Waals surface area contributed by atoms with E-state index in [-0.39, 0.29) is 29.5 Å². The van der Waals surface area contributed by atoms with Crippen molar-refractivity contribution in [2.24, 2.45) is 17.3 Å². The smallest absolute Gasteiger partial charge is 0.307 e. The minimum Gasteiger partial charge on any atom is -0.465 e. The highest BCUT2D eigenvalue weighted by atomic mass is 16.5. The molecule has 34 heavy (non-hydrogen) atoms. The topological polar surface area (TPSA) is 85.3 Å². The first-order chi connectivity index (χ1) is 16.0. The number of aliphatic hydroxyl groups is 1. The zero-order valence-electron chi connectivity index (χ0n) is 22.7. The number of rotatable bonds is 16. The van der Waals surface area contributed by atoms with Gasteiger partial charge in [0.05, 0.1) is 39.5 Å². The first-order valence-electron chi connectivity index (χ1n) is 13.2. The molecule has 0 atom stereocenters. The number of aliphatic hydroxyl groups excluding tert-OH is 1. The Morgan fingerprint density at radius 2 is 1.38 bits per heavy atom. The van der Waals surface area contributed by atoms with Crippen molar-refractivity contribution in [1.82, 2.24) is 4.90 Å². The van der Waals surface area contributed by atoms with Crippen LogP contribution < -0.4 is 0 Å². The Balaban J connectivity index is 2.22. The van der Waals surface area contributed by atoms with Crippen molar-refractivity contribution < 1.29 is 28.9 Å². The molecule has 1 saturated carbocycles. The highest BCUT2D eigenvalue weighted by molar-refractivity contribution is 5.69. The van der Waals surface area contributed by atoms with Gasteiger partial charge in [0.15, 0.2) is 0 Å². The van der Waals surface area contributed by atoms with Gasteiger partial charge >= 0.3 is 11.9 Å². The SMILES string of the molecule is CCC(C)(C)CCC(=O)OCC1CCC(COC(=O)CCN(CCOCCO)C(C)(C)C)CC1. The van der Waals surface area contributed by atoms with Gasteiger partial charge in [-0.3, -0.25) is 14.5 Å². The van der Waals surface area contributed by atoms with Crippen LogP contribution in [-0.4, -0.2) is 73.6 Å². The third-order valence-corrected chi connectivity index (χ3v) is 7.17. The summed E-state index contributed by atoms with van der Waals surface area (Å²) in [6, 6.07) is 0. The summed E-state index contributed by atoms with van der Waals surface area (Å²) in [4.78, 5) is 26.6. The number of hydrogen-bond donors (Lipinski definition) is 1. The van der Waals surface area contributed by atoms with Crippen LogP contribution in [0, 0.1) is 17.3 Å². The van der Waals surface area contributed by atoms with Gasteiger partial charge < -0.3 is 19.3 Å². The van der Waals surface area contributed by atoms with Crippen molar-refractivity contribution in [3.05, 3.63) is 0 Å². The molecule has 7 heteroatoms. The zero-order chi connectivity index (χ0) is 25.6. The maximum absolute atomic E-state index is 12.3. The molecule has 0 bridgehead atoms. The number of esters is 2. The summed E-state index contributed by atoms with van der Waals surface area (Å²) in [7, 11) is 0. The minimum atomic E-state index is -0.156. The molecule has 0 spiro atoms. The quantitative estimate of drug-likeness (QED) is 0.253. The molecule has 0 aliphatic heterocycles. The monoisotopic (exact) mass is 485 g/mol. The Morgan fingerprint density at radius 3 is 1.85 bits per heavy atom. The molecular formula is C27H51NO6. The Kier molecular flexibility index (Phi) is 14.3. The molecule has 1 fully saturated rings. The van der Waals surface area contributed by atoms with E-state index in [4.69, 9.17) is 19.3 Å². The molecule has 0 aromatic rings. The summed E-state index contributed by atoms with van der Waals surface area (Å²) in [6.07, 6.45) is 6.83. The molecule has 1 aliphatic rings. The molecule has 1 N–H and O–H groups in total. The predicted molar refractivity (Wildman–Crippen MR) is 135 cm³/mol. The van der Waals surface area contributed by atoms with Crippen molar-refractivity contribution in [3.8, 4) is 0 Å². The van der Waals surface area contributed by atoms with Crippen LogP contribution in [0.4, 0.5) is 0 Å². The van der Waals surface area contributed by atoms with Crippen molar-refractivity contribution in [1.29, 1.82) is 0 Å². The second-order valence-corrected chi connectivity index (χ2v) is 11.5. The molecule has 0 radical (unpaired) electrons. The van der Waals surface area contributed by atoms with Crippen LogP contribution in [0.15, 0.2) is 0 Å². The fraction of sp³-hybridized carbons (Fsp3) is 0.926. The highest BCUT2D eigenvalue weighted by Crippen LogP contribution is 2.30. The van der Waals surface area contributed by atoms with Gasteiger partial charge in [0, 0.05) is 25.0 Å². The lowest BCUT2D eigenvalue weighted by molar-refractivity contribution is -0.148. The van der Waals surface area contributed by atoms with Gasteiger partial charge in [-0.25, -0.2) is 0 Å². The zero-order valence-corrected chi connectivity index (χ0v) is 22.7. The molecule has 0 heterocycles. The average molecular weight is 486 g/mol. The lowest BCUT2D eigenvalue weighted by Crippen LogP contribution is -2.44. The average Bonchev–Trinajstić information content (AvgIpc) is 2.79. The van der Waals surface area contributed by atoms with Crippen LogP contribution in [0.1, 0.15) is 92.9 Å². The number of nitrogens with zero attached hydrogens (tertiary/aromatic N) is 1. The van der Waals surface area contributed by atoms with E-state index in [0.717, 1.165) is 38.5 Å². The van der Waals surface area contributed by atoms with Gasteiger partial charge in [-0.1, -0.05) is 27.2 Å². The van der Waals surface area contributed by atoms with Crippen molar-refractivity contribution in [2.45, 2.75) is 98.4 Å². The second kappa shape index (κ2) is 15.7. The first-order valence-corrected chi connectivity index (χ1v) is 13.2. The molecular weight excluding hydrogens is 434 g/mol. The maximum Gasteiger partial charge on any atom is 0.307 e. The van der Waals surface area contributed by atoms with Crippen LogP contribution in [0.3, 0.4) is 0 Å². The molecule has 200 valence electrons. The van der Waals surface area contributed by atoms with Gasteiger partial charge in [0.2, 0.25) is 0 Å². The van der Waals surface area contributed by atoms with E-state index >= 15 is 0 Å². The van der Waals surface area contributed by atoms with Crippen molar-refractivity contribution in [2.75, 3.05) is 46.1 Å². The number of ether oxygens (including phenoxy) is 3. The van der Waals surface area contributed by atoms with E-state index in [9.17, 15) is 9.59 Å². The molecule has 0 aromatic carbocycles. The summed E-state index contributed by atoms with van der Waals surface area (Å²) in [5.74, 6) is 0.578. The van der Waals surface area contributed by atoms with Crippen molar-refractivity contribution in [3.63, 3.8) is 0 Å². The molecule has 0 amide bonds. The van der Waals surface area contributed by atoms with E-state index < -0.39 is 0 Å². The third kappa shape index (κ3) is 13.6. The fourth-order valence-electron chi connectivity index (χ4n) is 4.10. The summed E-state index contributed by atoms with van der Waals surface area (Å²) in [5, 5.41) is 8.83. The van der Waals surface area contributed by atoms with Crippen LogP contribution >= 0.6 is 0 Å². The second-order valence-electron chi connectivity index (χ2n) is 11.5. The number of hydrogen-bond acceptors (Lipinski definition) is 7. The largest absolute Gasteiger partial charge is 0.465 e. The van der Waals surface area contributed by atoms with Crippen LogP contribution in [0.25, 0.3) is 0 Å². The third-order valence-electron chi connectivity index (χ3n) is 7.17.